The van der Waals surface area contributed by atoms with Gasteiger partial charge in [-0.25, -0.2) is 5.10 Å². The Kier molecular flexibility index (Phi) is 3.37. The van der Waals surface area contributed by atoms with Crippen molar-refractivity contribution in [3.8, 4) is 0 Å². The SMILES string of the molecule is CC1(C(=O)O)CCN(C(=O)c2ccc(=O)[nH]n2)CC1. The average Bonchev–Trinajstić information content (AvgIpc) is 2.39. The molecule has 102 valence electrons. The average molecular weight is 265 g/mol. The number of hydrogen-bond donors (Lipinski definition) is 2. The number of nitrogens with one attached hydrogen (secondary N) is 1. The Hall–Kier alpha value is -2.18. The molecule has 2 N–H and O–H groups in total. The molecule has 0 bridgehead atoms. The number of piperidine rings is 1. The number of nitrogens with zero attached hydrogens (tertiary/aromatic N) is 2. The smallest absolute Gasteiger partial charge is 0.309 e. The van der Waals surface area contributed by atoms with Crippen LogP contribution in [-0.4, -0.2) is 45.2 Å². The summed E-state index contributed by atoms with van der Waals surface area (Å²) in [5, 5.41) is 15.0. The topological polar surface area (TPSA) is 103 Å². The molecular formula is C12H15N3O4. The van der Waals surface area contributed by atoms with E-state index in [1.165, 1.54) is 12.1 Å². The molecule has 1 aromatic heterocycles. The Morgan fingerprint density at radius 1 is 1.37 bits per heavy atom. The first-order valence-corrected chi connectivity index (χ1v) is 6.01. The molecule has 7 nitrogen and oxygen atoms in total. The van der Waals surface area contributed by atoms with Crippen molar-refractivity contribution in [3.63, 3.8) is 0 Å². The van der Waals surface area contributed by atoms with E-state index >= 15 is 0 Å². The summed E-state index contributed by atoms with van der Waals surface area (Å²) in [5.41, 5.74) is -0.970. The van der Waals surface area contributed by atoms with Crippen LogP contribution in [0, 0.1) is 5.41 Å². The van der Waals surface area contributed by atoms with Gasteiger partial charge in [-0.3, -0.25) is 14.4 Å². The molecule has 1 amide bonds. The number of aromatic nitrogens is 2. The zero-order chi connectivity index (χ0) is 14.0. The second-order valence-electron chi connectivity index (χ2n) is 4.96. The molecule has 0 unspecified atom stereocenters. The zero-order valence-corrected chi connectivity index (χ0v) is 10.5. The number of H-pyrrole nitrogens is 1. The summed E-state index contributed by atoms with van der Waals surface area (Å²) >= 11 is 0. The summed E-state index contributed by atoms with van der Waals surface area (Å²) < 4.78 is 0. The summed E-state index contributed by atoms with van der Waals surface area (Å²) in [4.78, 5) is 35.6. The molecule has 1 aliphatic rings. The fourth-order valence-electron chi connectivity index (χ4n) is 2.04. The molecule has 7 heteroatoms. The van der Waals surface area contributed by atoms with E-state index in [0.29, 0.717) is 25.9 Å². The van der Waals surface area contributed by atoms with E-state index in [1.54, 1.807) is 11.8 Å². The number of rotatable bonds is 2. The van der Waals surface area contributed by atoms with Gasteiger partial charge in [0, 0.05) is 19.2 Å². The zero-order valence-electron chi connectivity index (χ0n) is 10.5. The highest BCUT2D eigenvalue weighted by molar-refractivity contribution is 5.92. The van der Waals surface area contributed by atoms with Crippen LogP contribution in [0.5, 0.6) is 0 Å². The van der Waals surface area contributed by atoms with Crippen LogP contribution < -0.4 is 5.56 Å². The molecular weight excluding hydrogens is 250 g/mol. The molecule has 1 saturated heterocycles. The van der Waals surface area contributed by atoms with E-state index in [4.69, 9.17) is 5.11 Å². The van der Waals surface area contributed by atoms with Crippen LogP contribution in [-0.2, 0) is 4.79 Å². The largest absolute Gasteiger partial charge is 0.481 e. The summed E-state index contributed by atoms with van der Waals surface area (Å²) in [5.74, 6) is -1.12. The number of aliphatic carboxylic acids is 1. The van der Waals surface area contributed by atoms with Gasteiger partial charge in [0.2, 0.25) is 0 Å². The predicted octanol–water partition coefficient (Wildman–Crippen LogP) is 0.0968. The van der Waals surface area contributed by atoms with E-state index in [-0.39, 0.29) is 17.2 Å². The van der Waals surface area contributed by atoms with Gasteiger partial charge in [0.25, 0.3) is 11.5 Å². The minimum atomic E-state index is -0.832. The molecule has 19 heavy (non-hydrogen) atoms. The molecule has 2 rings (SSSR count). The Balaban J connectivity index is 2.06. The van der Waals surface area contributed by atoms with E-state index in [9.17, 15) is 14.4 Å². The Labute approximate surface area is 109 Å². The fraction of sp³-hybridized carbons (Fsp3) is 0.500. The first kappa shape index (κ1) is 13.3. The molecule has 0 saturated carbocycles. The Bertz CT molecular complexity index is 538. The van der Waals surface area contributed by atoms with Gasteiger partial charge >= 0.3 is 5.97 Å². The van der Waals surface area contributed by atoms with Crippen molar-refractivity contribution in [3.05, 3.63) is 28.2 Å². The number of aromatic amines is 1. The van der Waals surface area contributed by atoms with Gasteiger partial charge in [-0.05, 0) is 25.8 Å². The second-order valence-corrected chi connectivity index (χ2v) is 4.96. The van der Waals surface area contributed by atoms with Gasteiger partial charge in [0.1, 0.15) is 5.69 Å². The lowest BCUT2D eigenvalue weighted by Gasteiger charge is -2.36. The highest BCUT2D eigenvalue weighted by atomic mass is 16.4. The maximum Gasteiger partial charge on any atom is 0.309 e. The predicted molar refractivity (Wildman–Crippen MR) is 65.7 cm³/mol. The number of carboxylic acid groups (broad SMARTS) is 1. The van der Waals surface area contributed by atoms with Crippen LogP contribution in [0.4, 0.5) is 0 Å². The maximum absolute atomic E-state index is 12.1. The molecule has 1 aliphatic heterocycles. The van der Waals surface area contributed by atoms with Crippen LogP contribution in [0.25, 0.3) is 0 Å². The van der Waals surface area contributed by atoms with Crippen LogP contribution >= 0.6 is 0 Å². The van der Waals surface area contributed by atoms with Crippen molar-refractivity contribution in [1.29, 1.82) is 0 Å². The van der Waals surface area contributed by atoms with Crippen molar-refractivity contribution in [1.82, 2.24) is 15.1 Å². The molecule has 0 aromatic carbocycles. The second kappa shape index (κ2) is 4.83. The lowest BCUT2D eigenvalue weighted by molar-refractivity contribution is -0.150. The summed E-state index contributed by atoms with van der Waals surface area (Å²) in [6.07, 6.45) is 0.828. The summed E-state index contributed by atoms with van der Waals surface area (Å²) in [7, 11) is 0. The third-order valence-electron chi connectivity index (χ3n) is 3.57. The fourth-order valence-corrected chi connectivity index (χ4v) is 2.04. The van der Waals surface area contributed by atoms with Gasteiger partial charge in [0.15, 0.2) is 0 Å². The van der Waals surface area contributed by atoms with Crippen molar-refractivity contribution in [2.75, 3.05) is 13.1 Å². The van der Waals surface area contributed by atoms with Crippen molar-refractivity contribution < 1.29 is 14.7 Å². The number of hydrogen-bond acceptors (Lipinski definition) is 4. The highest BCUT2D eigenvalue weighted by Gasteiger charge is 2.38. The number of carbonyl (C=O) groups excluding carboxylic acids is 1. The van der Waals surface area contributed by atoms with Gasteiger partial charge in [-0.15, -0.1) is 0 Å². The first-order chi connectivity index (χ1) is 8.92. The third kappa shape index (κ3) is 2.64. The quantitative estimate of drug-likeness (QED) is 0.789. The number of amides is 1. The third-order valence-corrected chi connectivity index (χ3v) is 3.57. The van der Waals surface area contributed by atoms with Gasteiger partial charge in [0.05, 0.1) is 5.41 Å². The van der Waals surface area contributed by atoms with Crippen molar-refractivity contribution >= 4 is 11.9 Å². The Morgan fingerprint density at radius 3 is 2.47 bits per heavy atom. The number of carboxylic acids is 1. The number of carbonyl (C=O) groups is 2. The van der Waals surface area contributed by atoms with Crippen LogP contribution in [0.1, 0.15) is 30.3 Å². The molecule has 1 fully saturated rings. The van der Waals surface area contributed by atoms with Crippen LogP contribution in [0.15, 0.2) is 16.9 Å². The van der Waals surface area contributed by atoms with Gasteiger partial charge in [-0.2, -0.15) is 5.10 Å². The van der Waals surface area contributed by atoms with Gasteiger partial charge in [-0.1, -0.05) is 0 Å². The Morgan fingerprint density at radius 2 is 2.00 bits per heavy atom. The normalized spacial score (nSPS) is 18.1. The lowest BCUT2D eigenvalue weighted by atomic mass is 9.80. The monoisotopic (exact) mass is 265 g/mol. The molecule has 2 heterocycles. The van der Waals surface area contributed by atoms with E-state index in [0.717, 1.165) is 0 Å². The van der Waals surface area contributed by atoms with E-state index in [2.05, 4.69) is 10.2 Å². The van der Waals surface area contributed by atoms with Crippen LogP contribution in [0.2, 0.25) is 0 Å². The van der Waals surface area contributed by atoms with Gasteiger partial charge < -0.3 is 10.0 Å². The molecule has 0 spiro atoms. The number of likely N-dealkylation sites (tertiary alicyclic amines) is 1. The summed E-state index contributed by atoms with van der Waals surface area (Å²) in [6.45, 7) is 2.44. The molecule has 0 aliphatic carbocycles. The van der Waals surface area contributed by atoms with Crippen molar-refractivity contribution in [2.24, 2.45) is 5.41 Å². The maximum atomic E-state index is 12.1. The van der Waals surface area contributed by atoms with Crippen molar-refractivity contribution in [2.45, 2.75) is 19.8 Å². The highest BCUT2D eigenvalue weighted by Crippen LogP contribution is 2.31. The molecule has 0 radical (unpaired) electrons. The van der Waals surface area contributed by atoms with E-state index < -0.39 is 11.4 Å². The first-order valence-electron chi connectivity index (χ1n) is 6.01. The molecule has 1 aromatic rings. The molecule has 0 atom stereocenters. The van der Waals surface area contributed by atoms with Crippen LogP contribution in [0.3, 0.4) is 0 Å². The lowest BCUT2D eigenvalue weighted by Crippen LogP contribution is -2.45. The summed E-state index contributed by atoms with van der Waals surface area (Å²) in [6, 6.07) is 2.61. The van der Waals surface area contributed by atoms with E-state index in [1.807, 2.05) is 0 Å². The minimum absolute atomic E-state index is 0.165. The standard InChI is InChI=1S/C12H15N3O4/c1-12(11(18)19)4-6-15(7-5-12)10(17)8-2-3-9(16)14-13-8/h2-3H,4-7H2,1H3,(H,14,16)(H,18,19). The minimum Gasteiger partial charge on any atom is -0.481 e.